The fourth-order valence-electron chi connectivity index (χ4n) is 2.28. The second kappa shape index (κ2) is 5.15. The molecule has 2 aromatic carbocycles. The summed E-state index contributed by atoms with van der Waals surface area (Å²) in [6, 6.07) is 14.0. The molecular formula is C15H11ClN2O3S. The minimum Gasteiger partial charge on any atom is -0.364 e. The van der Waals surface area contributed by atoms with E-state index < -0.39 is 15.9 Å². The van der Waals surface area contributed by atoms with E-state index in [0.29, 0.717) is 15.9 Å². The number of hydrogen-bond acceptors (Lipinski definition) is 3. The topological polar surface area (TPSA) is 82.2 Å². The van der Waals surface area contributed by atoms with Gasteiger partial charge in [-0.15, -0.1) is 0 Å². The van der Waals surface area contributed by atoms with Gasteiger partial charge >= 0.3 is 0 Å². The summed E-state index contributed by atoms with van der Waals surface area (Å²) in [6.45, 7) is 0. The summed E-state index contributed by atoms with van der Waals surface area (Å²) in [5, 5.41) is 0.934. The summed E-state index contributed by atoms with van der Waals surface area (Å²) in [5.74, 6) is -0.827. The van der Waals surface area contributed by atoms with Crippen molar-refractivity contribution in [3.8, 4) is 0 Å². The Hall–Kier alpha value is -2.31. The molecule has 0 bridgehead atoms. The lowest BCUT2D eigenvalue weighted by atomic mass is 10.2. The van der Waals surface area contributed by atoms with Crippen molar-refractivity contribution in [2.45, 2.75) is 4.90 Å². The number of benzene rings is 2. The van der Waals surface area contributed by atoms with Crippen molar-refractivity contribution in [3.05, 3.63) is 65.3 Å². The second-order valence-electron chi connectivity index (χ2n) is 4.68. The average Bonchev–Trinajstić information content (AvgIpc) is 2.87. The van der Waals surface area contributed by atoms with Crippen LogP contribution in [0.1, 0.15) is 10.5 Å². The van der Waals surface area contributed by atoms with E-state index in [0.717, 1.165) is 3.97 Å². The van der Waals surface area contributed by atoms with Crippen molar-refractivity contribution in [2.75, 3.05) is 0 Å². The van der Waals surface area contributed by atoms with Crippen LogP contribution >= 0.6 is 11.6 Å². The first kappa shape index (κ1) is 14.6. The van der Waals surface area contributed by atoms with Crippen molar-refractivity contribution in [1.82, 2.24) is 3.97 Å². The van der Waals surface area contributed by atoms with Crippen LogP contribution in [0.15, 0.2) is 59.5 Å². The van der Waals surface area contributed by atoms with Gasteiger partial charge in [0.15, 0.2) is 0 Å². The predicted octanol–water partition coefficient (Wildman–Crippen LogP) is 2.63. The Labute approximate surface area is 132 Å². The minimum atomic E-state index is -3.96. The number of halogens is 1. The first-order valence-corrected chi connectivity index (χ1v) is 8.14. The van der Waals surface area contributed by atoms with E-state index in [1.165, 1.54) is 24.3 Å². The summed E-state index contributed by atoms with van der Waals surface area (Å²) in [6.07, 6.45) is 0. The predicted molar refractivity (Wildman–Crippen MR) is 84.5 cm³/mol. The largest absolute Gasteiger partial charge is 0.364 e. The Kier molecular flexibility index (Phi) is 3.42. The van der Waals surface area contributed by atoms with Crippen LogP contribution in [0.2, 0.25) is 5.02 Å². The summed E-state index contributed by atoms with van der Waals surface area (Å²) in [4.78, 5) is 11.7. The zero-order valence-electron chi connectivity index (χ0n) is 11.2. The summed E-state index contributed by atoms with van der Waals surface area (Å²) < 4.78 is 26.7. The highest BCUT2D eigenvalue weighted by atomic mass is 35.5. The van der Waals surface area contributed by atoms with Crippen molar-refractivity contribution in [3.63, 3.8) is 0 Å². The van der Waals surface area contributed by atoms with Crippen LogP contribution in [0.5, 0.6) is 0 Å². The third kappa shape index (κ3) is 2.26. The Morgan fingerprint density at radius 3 is 2.36 bits per heavy atom. The highest BCUT2D eigenvalue weighted by molar-refractivity contribution is 7.90. The fraction of sp³-hybridized carbons (Fsp3) is 0. The highest BCUT2D eigenvalue weighted by Crippen LogP contribution is 2.27. The standard InChI is InChI=1S/C15H11ClN2O3S/c16-11-7-6-10-8-14(15(17)19)18(13(10)9-11)22(20,21)12-4-2-1-3-5-12/h1-9H,(H2,17,19). The molecule has 1 heterocycles. The third-order valence-electron chi connectivity index (χ3n) is 3.26. The number of carbonyl (C=O) groups excluding carboxylic acids is 1. The van der Waals surface area contributed by atoms with Crippen molar-refractivity contribution >= 4 is 38.4 Å². The number of fused-ring (bicyclic) bond motifs is 1. The van der Waals surface area contributed by atoms with E-state index in [9.17, 15) is 13.2 Å². The van der Waals surface area contributed by atoms with Crippen LogP contribution in [-0.4, -0.2) is 18.3 Å². The quantitative estimate of drug-likeness (QED) is 0.799. The number of primary amides is 1. The number of nitrogens with two attached hydrogens (primary N) is 1. The fourth-order valence-corrected chi connectivity index (χ4v) is 3.98. The molecule has 2 N–H and O–H groups in total. The van der Waals surface area contributed by atoms with Crippen LogP contribution in [0.4, 0.5) is 0 Å². The molecule has 7 heteroatoms. The summed E-state index contributed by atoms with van der Waals surface area (Å²) in [5.41, 5.74) is 5.53. The molecule has 1 amide bonds. The maximum Gasteiger partial charge on any atom is 0.268 e. The minimum absolute atomic E-state index is 0.0648. The SMILES string of the molecule is NC(=O)c1cc2ccc(Cl)cc2n1S(=O)(=O)c1ccccc1. The van der Waals surface area contributed by atoms with E-state index in [1.54, 1.807) is 30.3 Å². The molecule has 0 aliphatic rings. The number of nitrogens with zero attached hydrogens (tertiary/aromatic N) is 1. The number of amides is 1. The van der Waals surface area contributed by atoms with Gasteiger partial charge in [-0.2, -0.15) is 0 Å². The molecule has 0 fully saturated rings. The molecule has 1 aromatic heterocycles. The summed E-state index contributed by atoms with van der Waals surface area (Å²) >= 11 is 5.95. The Morgan fingerprint density at radius 1 is 1.05 bits per heavy atom. The monoisotopic (exact) mass is 334 g/mol. The van der Waals surface area contributed by atoms with E-state index in [4.69, 9.17) is 17.3 Å². The first-order valence-electron chi connectivity index (χ1n) is 6.33. The van der Waals surface area contributed by atoms with Crippen LogP contribution in [0, 0.1) is 0 Å². The van der Waals surface area contributed by atoms with Gasteiger partial charge in [-0.25, -0.2) is 12.4 Å². The van der Waals surface area contributed by atoms with Gasteiger partial charge < -0.3 is 5.73 Å². The van der Waals surface area contributed by atoms with Crippen molar-refractivity contribution in [2.24, 2.45) is 5.73 Å². The Morgan fingerprint density at radius 2 is 1.73 bits per heavy atom. The van der Waals surface area contributed by atoms with Gasteiger partial charge in [0.2, 0.25) is 0 Å². The molecule has 112 valence electrons. The summed E-state index contributed by atoms with van der Waals surface area (Å²) in [7, 11) is -3.96. The lowest BCUT2D eigenvalue weighted by Crippen LogP contribution is -2.22. The van der Waals surface area contributed by atoms with Crippen LogP contribution in [0.3, 0.4) is 0 Å². The molecule has 0 aliphatic carbocycles. The van der Waals surface area contributed by atoms with Gasteiger partial charge in [-0.05, 0) is 30.3 Å². The van der Waals surface area contributed by atoms with Crippen molar-refractivity contribution in [1.29, 1.82) is 0 Å². The van der Waals surface area contributed by atoms with Gasteiger partial charge in [0.05, 0.1) is 10.4 Å². The maximum atomic E-state index is 12.9. The number of aromatic nitrogens is 1. The molecule has 0 radical (unpaired) electrons. The zero-order chi connectivity index (χ0) is 15.9. The molecule has 3 aromatic rings. The molecule has 0 saturated carbocycles. The highest BCUT2D eigenvalue weighted by Gasteiger charge is 2.25. The lowest BCUT2D eigenvalue weighted by Gasteiger charge is -2.10. The van der Waals surface area contributed by atoms with E-state index >= 15 is 0 Å². The van der Waals surface area contributed by atoms with Gasteiger partial charge in [0.1, 0.15) is 5.69 Å². The van der Waals surface area contributed by atoms with Gasteiger partial charge in [0.25, 0.3) is 15.9 Å². The van der Waals surface area contributed by atoms with Gasteiger partial charge in [-0.3, -0.25) is 4.79 Å². The van der Waals surface area contributed by atoms with Crippen LogP contribution < -0.4 is 5.73 Å². The molecular weight excluding hydrogens is 324 g/mol. The van der Waals surface area contributed by atoms with E-state index in [-0.39, 0.29) is 10.6 Å². The average molecular weight is 335 g/mol. The number of rotatable bonds is 3. The molecule has 0 unspecified atom stereocenters. The Balaban J connectivity index is 2.41. The normalized spacial score (nSPS) is 11.7. The molecule has 0 saturated heterocycles. The van der Waals surface area contributed by atoms with E-state index in [2.05, 4.69) is 0 Å². The number of hydrogen-bond donors (Lipinski definition) is 1. The molecule has 3 rings (SSSR count). The zero-order valence-corrected chi connectivity index (χ0v) is 12.8. The lowest BCUT2D eigenvalue weighted by molar-refractivity contribution is 0.0995. The molecule has 5 nitrogen and oxygen atoms in total. The first-order chi connectivity index (χ1) is 10.4. The van der Waals surface area contributed by atoms with Crippen LogP contribution in [0.25, 0.3) is 10.9 Å². The molecule has 0 atom stereocenters. The maximum absolute atomic E-state index is 12.9. The molecule has 0 aliphatic heterocycles. The van der Waals surface area contributed by atoms with Crippen molar-refractivity contribution < 1.29 is 13.2 Å². The second-order valence-corrected chi connectivity index (χ2v) is 6.90. The van der Waals surface area contributed by atoms with Gasteiger partial charge in [0, 0.05) is 10.4 Å². The van der Waals surface area contributed by atoms with Crippen LogP contribution in [-0.2, 0) is 10.0 Å². The van der Waals surface area contributed by atoms with Gasteiger partial charge in [-0.1, -0.05) is 35.9 Å². The number of carbonyl (C=O) groups is 1. The van der Waals surface area contributed by atoms with E-state index in [1.807, 2.05) is 0 Å². The Bertz CT molecular complexity index is 979. The molecule has 22 heavy (non-hydrogen) atoms. The molecule has 0 spiro atoms. The third-order valence-corrected chi connectivity index (χ3v) is 5.23. The smallest absolute Gasteiger partial charge is 0.268 e.